The average molecular weight is 287 g/mol. The van der Waals surface area contributed by atoms with E-state index in [1.165, 1.54) is 25.2 Å². The molecule has 0 unspecified atom stereocenters. The summed E-state index contributed by atoms with van der Waals surface area (Å²) in [5, 5.41) is 13.6. The minimum Gasteiger partial charge on any atom is -0.380 e. The van der Waals surface area contributed by atoms with Gasteiger partial charge in [0, 0.05) is 25.2 Å². The lowest BCUT2D eigenvalue weighted by molar-refractivity contribution is -0.384. The van der Waals surface area contributed by atoms with Crippen molar-refractivity contribution in [3.63, 3.8) is 0 Å². The van der Waals surface area contributed by atoms with Crippen LogP contribution >= 0.6 is 0 Å². The molecule has 0 saturated heterocycles. The fraction of sp³-hybridized carbons (Fsp3) is 0.417. The number of alkyl halides is 2. The van der Waals surface area contributed by atoms with Crippen LogP contribution < -0.4 is 5.32 Å². The molecule has 0 aliphatic carbocycles. The number of nitro benzene ring substituents is 1. The molecule has 110 valence electrons. The van der Waals surface area contributed by atoms with Crippen LogP contribution in [0.1, 0.15) is 17.3 Å². The number of carbonyl (C=O) groups is 1. The van der Waals surface area contributed by atoms with Gasteiger partial charge < -0.3 is 10.2 Å². The zero-order chi connectivity index (χ0) is 15.3. The van der Waals surface area contributed by atoms with Crippen LogP contribution in [-0.2, 0) is 0 Å². The van der Waals surface area contributed by atoms with E-state index in [9.17, 15) is 23.7 Å². The zero-order valence-corrected chi connectivity index (χ0v) is 11.1. The molecule has 1 N–H and O–H groups in total. The molecular weight excluding hydrogens is 272 g/mol. The minimum atomic E-state index is -2.63. The van der Waals surface area contributed by atoms with E-state index in [1.807, 2.05) is 0 Å². The zero-order valence-electron chi connectivity index (χ0n) is 11.1. The molecule has 20 heavy (non-hydrogen) atoms. The number of nitro groups is 1. The number of amides is 1. The van der Waals surface area contributed by atoms with Crippen molar-refractivity contribution in [2.75, 3.05) is 25.5 Å². The van der Waals surface area contributed by atoms with Crippen molar-refractivity contribution < 1.29 is 18.5 Å². The Labute approximate surface area is 114 Å². The average Bonchev–Trinajstić information content (AvgIpc) is 2.37. The molecule has 0 radical (unpaired) electrons. The van der Waals surface area contributed by atoms with E-state index in [0.29, 0.717) is 6.54 Å². The highest BCUT2D eigenvalue weighted by molar-refractivity contribution is 5.95. The maximum absolute atomic E-state index is 12.2. The number of carbonyl (C=O) groups excluding carboxylic acids is 1. The molecule has 1 aromatic carbocycles. The summed E-state index contributed by atoms with van der Waals surface area (Å²) in [4.78, 5) is 23.0. The maximum atomic E-state index is 12.2. The first-order chi connectivity index (χ1) is 9.36. The predicted octanol–water partition coefficient (Wildman–Crippen LogP) is 2.36. The van der Waals surface area contributed by atoms with Gasteiger partial charge in [0.2, 0.25) is 0 Å². The summed E-state index contributed by atoms with van der Waals surface area (Å²) in [5.41, 5.74) is 0.142. The van der Waals surface area contributed by atoms with Gasteiger partial charge in [0.25, 0.3) is 18.0 Å². The van der Waals surface area contributed by atoms with Gasteiger partial charge in [-0.3, -0.25) is 14.9 Å². The summed E-state index contributed by atoms with van der Waals surface area (Å²) in [6.45, 7) is 1.50. The van der Waals surface area contributed by atoms with Crippen LogP contribution in [0, 0.1) is 10.1 Å². The van der Waals surface area contributed by atoms with E-state index in [4.69, 9.17) is 0 Å². The Morgan fingerprint density at radius 2 is 2.15 bits per heavy atom. The molecule has 0 fully saturated rings. The number of hydrogen-bond donors (Lipinski definition) is 1. The second-order valence-electron chi connectivity index (χ2n) is 4.10. The second kappa shape index (κ2) is 6.78. The van der Waals surface area contributed by atoms with Gasteiger partial charge in [0.1, 0.15) is 5.69 Å². The van der Waals surface area contributed by atoms with Crippen molar-refractivity contribution in [1.29, 1.82) is 0 Å². The summed E-state index contributed by atoms with van der Waals surface area (Å²) in [6, 6.07) is 3.73. The first-order valence-electron chi connectivity index (χ1n) is 5.92. The Bertz CT molecular complexity index is 509. The van der Waals surface area contributed by atoms with Crippen molar-refractivity contribution >= 4 is 17.3 Å². The molecule has 0 aromatic heterocycles. The van der Waals surface area contributed by atoms with Crippen molar-refractivity contribution in [3.8, 4) is 0 Å². The van der Waals surface area contributed by atoms with Crippen LogP contribution in [0.25, 0.3) is 0 Å². The van der Waals surface area contributed by atoms with E-state index in [-0.39, 0.29) is 16.9 Å². The van der Waals surface area contributed by atoms with Crippen LogP contribution in [0.4, 0.5) is 20.2 Å². The molecule has 0 heterocycles. The Hall–Kier alpha value is -2.25. The Kier molecular flexibility index (Phi) is 5.36. The SMILES string of the molecule is CCNc1cc(C(=O)N(C)CC(F)F)ccc1[N+](=O)[O-]. The van der Waals surface area contributed by atoms with Gasteiger partial charge in [-0.15, -0.1) is 0 Å². The fourth-order valence-electron chi connectivity index (χ4n) is 1.67. The van der Waals surface area contributed by atoms with Crippen LogP contribution in [0.15, 0.2) is 18.2 Å². The monoisotopic (exact) mass is 287 g/mol. The molecule has 0 spiro atoms. The van der Waals surface area contributed by atoms with Crippen LogP contribution in [-0.4, -0.2) is 42.3 Å². The summed E-state index contributed by atoms with van der Waals surface area (Å²) in [6.07, 6.45) is -2.63. The van der Waals surface area contributed by atoms with Crippen molar-refractivity contribution in [2.24, 2.45) is 0 Å². The molecular formula is C12H15F2N3O3. The minimum absolute atomic E-state index is 0.120. The van der Waals surface area contributed by atoms with Gasteiger partial charge in [-0.05, 0) is 19.1 Å². The number of nitrogens with one attached hydrogen (secondary N) is 1. The summed E-state index contributed by atoms with van der Waals surface area (Å²) in [7, 11) is 1.25. The lowest BCUT2D eigenvalue weighted by Crippen LogP contribution is -2.31. The molecule has 1 aromatic rings. The fourth-order valence-corrected chi connectivity index (χ4v) is 1.67. The van der Waals surface area contributed by atoms with E-state index in [1.54, 1.807) is 6.92 Å². The van der Waals surface area contributed by atoms with Crippen molar-refractivity contribution in [3.05, 3.63) is 33.9 Å². The maximum Gasteiger partial charge on any atom is 0.292 e. The Balaban J connectivity index is 3.05. The smallest absolute Gasteiger partial charge is 0.292 e. The quantitative estimate of drug-likeness (QED) is 0.643. The normalized spacial score (nSPS) is 10.4. The van der Waals surface area contributed by atoms with E-state index >= 15 is 0 Å². The third kappa shape index (κ3) is 3.87. The molecule has 0 atom stereocenters. The van der Waals surface area contributed by atoms with Gasteiger partial charge in [-0.25, -0.2) is 8.78 Å². The summed E-state index contributed by atoms with van der Waals surface area (Å²) < 4.78 is 24.5. The van der Waals surface area contributed by atoms with Crippen molar-refractivity contribution in [1.82, 2.24) is 4.90 Å². The lowest BCUT2D eigenvalue weighted by atomic mass is 10.1. The highest BCUT2D eigenvalue weighted by atomic mass is 19.3. The van der Waals surface area contributed by atoms with Crippen LogP contribution in [0.2, 0.25) is 0 Å². The number of halogens is 2. The molecule has 8 heteroatoms. The molecule has 0 saturated carbocycles. The van der Waals surface area contributed by atoms with Gasteiger partial charge in [0.05, 0.1) is 11.5 Å². The largest absolute Gasteiger partial charge is 0.380 e. The highest BCUT2D eigenvalue weighted by Crippen LogP contribution is 2.25. The molecule has 0 aliphatic heterocycles. The van der Waals surface area contributed by atoms with Crippen LogP contribution in [0.3, 0.4) is 0 Å². The second-order valence-corrected chi connectivity index (χ2v) is 4.10. The summed E-state index contributed by atoms with van der Waals surface area (Å²) in [5.74, 6) is -0.612. The number of rotatable bonds is 6. The standard InChI is InChI=1S/C12H15F2N3O3/c1-3-15-9-6-8(4-5-10(9)17(19)20)12(18)16(2)7-11(13)14/h4-6,11,15H,3,7H2,1-2H3. The molecule has 1 rings (SSSR count). The molecule has 1 amide bonds. The van der Waals surface area contributed by atoms with Gasteiger partial charge in [0.15, 0.2) is 0 Å². The van der Waals surface area contributed by atoms with Crippen LogP contribution in [0.5, 0.6) is 0 Å². The molecule has 0 aliphatic rings. The van der Waals surface area contributed by atoms with Gasteiger partial charge >= 0.3 is 0 Å². The topological polar surface area (TPSA) is 75.5 Å². The summed E-state index contributed by atoms with van der Waals surface area (Å²) >= 11 is 0. The van der Waals surface area contributed by atoms with Gasteiger partial charge in [-0.2, -0.15) is 0 Å². The Morgan fingerprint density at radius 3 is 2.65 bits per heavy atom. The number of hydrogen-bond acceptors (Lipinski definition) is 4. The van der Waals surface area contributed by atoms with Crippen molar-refractivity contribution in [2.45, 2.75) is 13.3 Å². The van der Waals surface area contributed by atoms with E-state index in [0.717, 1.165) is 4.90 Å². The third-order valence-electron chi connectivity index (χ3n) is 2.57. The molecule has 0 bridgehead atoms. The highest BCUT2D eigenvalue weighted by Gasteiger charge is 2.20. The number of nitrogens with zero attached hydrogens (tertiary/aromatic N) is 2. The molecule has 6 nitrogen and oxygen atoms in total. The van der Waals surface area contributed by atoms with E-state index in [2.05, 4.69) is 5.32 Å². The number of benzene rings is 1. The van der Waals surface area contributed by atoms with E-state index < -0.39 is 23.8 Å². The third-order valence-corrected chi connectivity index (χ3v) is 2.57. The first kappa shape index (κ1) is 15.8. The first-order valence-corrected chi connectivity index (χ1v) is 5.92. The lowest BCUT2D eigenvalue weighted by Gasteiger charge is -2.17. The number of anilines is 1. The predicted molar refractivity (Wildman–Crippen MR) is 70.2 cm³/mol. The Morgan fingerprint density at radius 1 is 1.50 bits per heavy atom. The van der Waals surface area contributed by atoms with Gasteiger partial charge in [-0.1, -0.05) is 0 Å².